The van der Waals surface area contributed by atoms with Crippen LogP contribution >= 0.6 is 11.3 Å². The minimum Gasteiger partial charge on any atom is -0.384 e. The van der Waals surface area contributed by atoms with E-state index in [0.717, 1.165) is 12.8 Å². The first kappa shape index (κ1) is 16.5. The summed E-state index contributed by atoms with van der Waals surface area (Å²) in [6.45, 7) is 4.76. The second kappa shape index (κ2) is 9.36. The molecule has 0 fully saturated rings. The first-order valence-corrected chi connectivity index (χ1v) is 7.69. The molecule has 6 heteroatoms. The van der Waals surface area contributed by atoms with Gasteiger partial charge in [0.1, 0.15) is 5.84 Å². The lowest BCUT2D eigenvalue weighted by Gasteiger charge is -2.05. The van der Waals surface area contributed by atoms with E-state index in [-0.39, 0.29) is 12.5 Å². The lowest BCUT2D eigenvalue weighted by Crippen LogP contribution is -2.29. The fraction of sp³-hybridized carbons (Fsp3) is 0.571. The average molecular weight is 297 g/mol. The predicted octanol–water partition coefficient (Wildman–Crippen LogP) is 2.13. The third-order valence-electron chi connectivity index (χ3n) is 2.63. The van der Waals surface area contributed by atoms with Crippen LogP contribution in [0.3, 0.4) is 0 Å². The van der Waals surface area contributed by atoms with Gasteiger partial charge >= 0.3 is 0 Å². The first-order chi connectivity index (χ1) is 9.58. The van der Waals surface area contributed by atoms with Crippen molar-refractivity contribution in [2.24, 2.45) is 16.8 Å². The standard InChI is InChI=1S/C14H23N3O2S/c1-11(2)5-6-13(15)17-19-10-14(18)16-8-7-12-4-3-9-20-12/h3-4,9,11H,5-8,10H2,1-2H3,(H2,15,17)(H,16,18). The van der Waals surface area contributed by atoms with E-state index in [4.69, 9.17) is 10.6 Å². The summed E-state index contributed by atoms with van der Waals surface area (Å²) < 4.78 is 0. The van der Waals surface area contributed by atoms with Gasteiger partial charge < -0.3 is 15.9 Å². The number of amidine groups is 1. The van der Waals surface area contributed by atoms with Gasteiger partial charge in [-0.05, 0) is 30.2 Å². The summed E-state index contributed by atoms with van der Waals surface area (Å²) in [6, 6.07) is 4.05. The van der Waals surface area contributed by atoms with Crippen LogP contribution < -0.4 is 11.1 Å². The molecular weight excluding hydrogens is 274 g/mol. The maximum atomic E-state index is 11.5. The summed E-state index contributed by atoms with van der Waals surface area (Å²) in [7, 11) is 0. The van der Waals surface area contributed by atoms with Crippen molar-refractivity contribution in [1.29, 1.82) is 0 Å². The molecule has 0 atom stereocenters. The largest absolute Gasteiger partial charge is 0.384 e. The van der Waals surface area contributed by atoms with Gasteiger partial charge in [0.05, 0.1) is 0 Å². The van der Waals surface area contributed by atoms with Crippen LogP contribution in [0, 0.1) is 5.92 Å². The van der Waals surface area contributed by atoms with Crippen molar-refractivity contribution in [3.63, 3.8) is 0 Å². The third-order valence-corrected chi connectivity index (χ3v) is 3.57. The minimum atomic E-state index is -0.179. The summed E-state index contributed by atoms with van der Waals surface area (Å²) >= 11 is 1.68. The van der Waals surface area contributed by atoms with Gasteiger partial charge in [-0.2, -0.15) is 0 Å². The van der Waals surface area contributed by atoms with Crippen molar-refractivity contribution in [1.82, 2.24) is 5.32 Å². The topological polar surface area (TPSA) is 76.7 Å². The summed E-state index contributed by atoms with van der Waals surface area (Å²) in [5.74, 6) is 0.830. The number of amides is 1. The number of nitrogens with zero attached hydrogens (tertiary/aromatic N) is 1. The summed E-state index contributed by atoms with van der Waals surface area (Å²) in [5, 5.41) is 8.53. The second-order valence-corrected chi connectivity index (χ2v) is 6.00. The maximum Gasteiger partial charge on any atom is 0.260 e. The molecule has 0 saturated carbocycles. The second-order valence-electron chi connectivity index (χ2n) is 4.97. The van der Waals surface area contributed by atoms with Crippen molar-refractivity contribution < 1.29 is 9.63 Å². The number of rotatable bonds is 9. The molecular formula is C14H23N3O2S. The van der Waals surface area contributed by atoms with Crippen molar-refractivity contribution >= 4 is 23.1 Å². The molecule has 0 radical (unpaired) electrons. The van der Waals surface area contributed by atoms with E-state index in [9.17, 15) is 4.79 Å². The fourth-order valence-electron chi connectivity index (χ4n) is 1.49. The molecule has 0 saturated heterocycles. The highest BCUT2D eigenvalue weighted by molar-refractivity contribution is 7.09. The van der Waals surface area contributed by atoms with Gasteiger partial charge in [0.25, 0.3) is 5.91 Å². The van der Waals surface area contributed by atoms with Crippen LogP contribution in [0.15, 0.2) is 22.7 Å². The Bertz CT molecular complexity index is 416. The number of hydrogen-bond donors (Lipinski definition) is 2. The monoisotopic (exact) mass is 297 g/mol. The van der Waals surface area contributed by atoms with Crippen LogP contribution in [0.4, 0.5) is 0 Å². The lowest BCUT2D eigenvalue weighted by molar-refractivity contribution is -0.125. The smallest absolute Gasteiger partial charge is 0.260 e. The van der Waals surface area contributed by atoms with Gasteiger partial charge in [-0.25, -0.2) is 0 Å². The van der Waals surface area contributed by atoms with Gasteiger partial charge in [-0.1, -0.05) is 25.1 Å². The zero-order valence-electron chi connectivity index (χ0n) is 12.1. The summed E-state index contributed by atoms with van der Waals surface area (Å²) in [6.07, 6.45) is 2.49. The van der Waals surface area contributed by atoms with Crippen LogP contribution in [0.2, 0.25) is 0 Å². The van der Waals surface area contributed by atoms with Crippen molar-refractivity contribution in [2.45, 2.75) is 33.1 Å². The molecule has 112 valence electrons. The molecule has 1 aromatic heterocycles. The first-order valence-electron chi connectivity index (χ1n) is 6.81. The highest BCUT2D eigenvalue weighted by Crippen LogP contribution is 2.08. The molecule has 1 rings (SSSR count). The summed E-state index contributed by atoms with van der Waals surface area (Å²) in [4.78, 5) is 17.7. The number of hydrogen-bond acceptors (Lipinski definition) is 4. The quantitative estimate of drug-likeness (QED) is 0.416. The lowest BCUT2D eigenvalue weighted by atomic mass is 10.1. The van der Waals surface area contributed by atoms with E-state index >= 15 is 0 Å². The molecule has 5 nitrogen and oxygen atoms in total. The third kappa shape index (κ3) is 7.78. The number of carbonyl (C=O) groups excluding carboxylic acids is 1. The van der Waals surface area contributed by atoms with Crippen LogP contribution in [0.5, 0.6) is 0 Å². The van der Waals surface area contributed by atoms with Crippen LogP contribution in [0.1, 0.15) is 31.6 Å². The highest BCUT2D eigenvalue weighted by atomic mass is 32.1. The Labute approximate surface area is 124 Å². The molecule has 0 spiro atoms. The van der Waals surface area contributed by atoms with Gasteiger partial charge in [0.2, 0.25) is 0 Å². The normalized spacial score (nSPS) is 11.7. The molecule has 1 aromatic rings. The molecule has 1 heterocycles. The van der Waals surface area contributed by atoms with E-state index in [2.05, 4.69) is 24.3 Å². The van der Waals surface area contributed by atoms with Gasteiger partial charge in [-0.3, -0.25) is 4.79 Å². The van der Waals surface area contributed by atoms with E-state index in [1.165, 1.54) is 4.88 Å². The predicted molar refractivity (Wildman–Crippen MR) is 82.7 cm³/mol. The Kier molecular flexibility index (Phi) is 7.72. The van der Waals surface area contributed by atoms with E-state index in [1.54, 1.807) is 11.3 Å². The Balaban J connectivity index is 2.08. The fourth-order valence-corrected chi connectivity index (χ4v) is 2.20. The molecule has 0 aliphatic heterocycles. The van der Waals surface area contributed by atoms with Crippen molar-refractivity contribution in [3.8, 4) is 0 Å². The number of nitrogens with one attached hydrogen (secondary N) is 1. The Morgan fingerprint density at radius 2 is 2.35 bits per heavy atom. The van der Waals surface area contributed by atoms with Crippen LogP contribution in [0.25, 0.3) is 0 Å². The Morgan fingerprint density at radius 1 is 1.55 bits per heavy atom. The highest BCUT2D eigenvalue weighted by Gasteiger charge is 2.02. The molecule has 20 heavy (non-hydrogen) atoms. The van der Waals surface area contributed by atoms with Crippen molar-refractivity contribution in [2.75, 3.05) is 13.2 Å². The number of thiophene rings is 1. The average Bonchev–Trinajstić information content (AvgIpc) is 2.89. The molecule has 0 aliphatic rings. The van der Waals surface area contributed by atoms with Gasteiger partial charge in [0, 0.05) is 17.8 Å². The minimum absolute atomic E-state index is 0.0905. The van der Waals surface area contributed by atoms with E-state index < -0.39 is 0 Å². The molecule has 0 aliphatic carbocycles. The SMILES string of the molecule is CC(C)CC/C(N)=N/OCC(=O)NCCc1cccs1. The van der Waals surface area contributed by atoms with Gasteiger partial charge in [0.15, 0.2) is 6.61 Å². The zero-order valence-corrected chi connectivity index (χ0v) is 12.9. The molecule has 0 aromatic carbocycles. The number of oxime groups is 1. The van der Waals surface area contributed by atoms with Crippen molar-refractivity contribution in [3.05, 3.63) is 22.4 Å². The zero-order chi connectivity index (χ0) is 14.8. The van der Waals surface area contributed by atoms with Gasteiger partial charge in [-0.15, -0.1) is 11.3 Å². The van der Waals surface area contributed by atoms with Crippen LogP contribution in [-0.2, 0) is 16.1 Å². The van der Waals surface area contributed by atoms with E-state index in [0.29, 0.717) is 24.7 Å². The Morgan fingerprint density at radius 3 is 3.00 bits per heavy atom. The molecule has 3 N–H and O–H groups in total. The molecule has 0 unspecified atom stereocenters. The van der Waals surface area contributed by atoms with Crippen LogP contribution in [-0.4, -0.2) is 24.9 Å². The Hall–Kier alpha value is -1.56. The summed E-state index contributed by atoms with van der Waals surface area (Å²) in [5.41, 5.74) is 5.67. The van der Waals surface area contributed by atoms with E-state index in [1.807, 2.05) is 17.5 Å². The number of nitrogens with two attached hydrogens (primary N) is 1. The molecule has 1 amide bonds. The molecule has 0 bridgehead atoms. The number of carbonyl (C=O) groups is 1. The maximum absolute atomic E-state index is 11.5.